The first-order valence-corrected chi connectivity index (χ1v) is 17.7. The Labute approximate surface area is 216 Å². The van der Waals surface area contributed by atoms with E-state index in [9.17, 15) is 0 Å². The molecule has 0 heterocycles. The van der Waals surface area contributed by atoms with Gasteiger partial charge in [0, 0.05) is 25.7 Å². The van der Waals surface area contributed by atoms with Gasteiger partial charge in [0.2, 0.25) is 0 Å². The minimum atomic E-state index is -1.54. The van der Waals surface area contributed by atoms with Gasteiger partial charge in [-0.05, 0) is 64.6 Å². The van der Waals surface area contributed by atoms with Crippen molar-refractivity contribution in [3.63, 3.8) is 0 Å². The fraction of sp³-hybridized carbons (Fsp3) is 1.00. The van der Waals surface area contributed by atoms with Gasteiger partial charge >= 0.3 is 0 Å². The molecule has 0 aliphatic rings. The highest BCUT2D eigenvalue weighted by atomic mass is 28.3. The number of ether oxygens (including phenoxy) is 3. The van der Waals surface area contributed by atoms with Crippen molar-refractivity contribution in [1.29, 1.82) is 0 Å². The summed E-state index contributed by atoms with van der Waals surface area (Å²) in [5.41, 5.74) is 0. The molecule has 4 nitrogen and oxygen atoms in total. The van der Waals surface area contributed by atoms with Crippen LogP contribution in [0.15, 0.2) is 0 Å². The molecule has 0 amide bonds. The zero-order valence-electron chi connectivity index (χ0n) is 25.1. The third-order valence-electron chi connectivity index (χ3n) is 7.83. The first kappa shape index (κ1) is 34.1. The molecule has 0 aromatic carbocycles. The van der Waals surface area contributed by atoms with Gasteiger partial charge in [-0.25, -0.2) is 0 Å². The first-order valence-electron chi connectivity index (χ1n) is 14.7. The van der Waals surface area contributed by atoms with Crippen molar-refractivity contribution in [2.24, 2.45) is 5.92 Å². The summed E-state index contributed by atoms with van der Waals surface area (Å²) < 4.78 is 21.7. The molecule has 206 valence electrons. The van der Waals surface area contributed by atoms with Gasteiger partial charge in [0.1, 0.15) is 8.24 Å². The second kappa shape index (κ2) is 18.3. The number of hydrogen-bond donors (Lipinski definition) is 0. The number of rotatable bonds is 22. The van der Waals surface area contributed by atoms with Crippen molar-refractivity contribution in [3.8, 4) is 0 Å². The molecule has 0 aromatic rings. The molecule has 0 aromatic heterocycles. The maximum atomic E-state index is 6.26. The van der Waals surface area contributed by atoms with Crippen LogP contribution in [-0.2, 0) is 14.2 Å². The first-order chi connectivity index (χ1) is 16.1. The lowest BCUT2D eigenvalue weighted by molar-refractivity contribution is -0.403. The zero-order valence-corrected chi connectivity index (χ0v) is 26.1. The lowest BCUT2D eigenvalue weighted by Gasteiger charge is -2.46. The molecule has 1 unspecified atom stereocenters. The summed E-state index contributed by atoms with van der Waals surface area (Å²) in [6.07, 6.45) is 13.8. The minimum Gasteiger partial charge on any atom is -0.328 e. The average molecular weight is 502 g/mol. The highest BCUT2D eigenvalue weighted by Gasteiger charge is 2.43. The van der Waals surface area contributed by atoms with Crippen molar-refractivity contribution >= 4 is 8.24 Å². The van der Waals surface area contributed by atoms with Crippen LogP contribution in [0.5, 0.6) is 0 Å². The van der Waals surface area contributed by atoms with E-state index in [0.717, 1.165) is 12.8 Å². The van der Waals surface area contributed by atoms with Crippen molar-refractivity contribution < 1.29 is 14.2 Å². The lowest BCUT2D eigenvalue weighted by Crippen LogP contribution is -2.55. The molecule has 0 aliphatic heterocycles. The zero-order chi connectivity index (χ0) is 26.1. The van der Waals surface area contributed by atoms with Crippen LogP contribution >= 0.6 is 0 Å². The van der Waals surface area contributed by atoms with E-state index in [4.69, 9.17) is 14.2 Å². The van der Waals surface area contributed by atoms with Gasteiger partial charge in [0.15, 0.2) is 0 Å². The maximum Gasteiger partial charge on any atom is 0.285 e. The fourth-order valence-corrected chi connectivity index (χ4v) is 7.16. The smallest absolute Gasteiger partial charge is 0.285 e. The Balaban J connectivity index is 5.45. The summed E-state index contributed by atoms with van der Waals surface area (Å²) in [6, 6.07) is 0. The monoisotopic (exact) mass is 501 g/mol. The van der Waals surface area contributed by atoms with Gasteiger partial charge in [0.25, 0.3) is 5.97 Å². The van der Waals surface area contributed by atoms with Crippen LogP contribution in [0.4, 0.5) is 0 Å². The average Bonchev–Trinajstić information content (AvgIpc) is 2.76. The Kier molecular flexibility index (Phi) is 18.4. The van der Waals surface area contributed by atoms with Gasteiger partial charge in [-0.15, -0.1) is 0 Å². The van der Waals surface area contributed by atoms with E-state index >= 15 is 0 Å². The van der Waals surface area contributed by atoms with Crippen LogP contribution in [0.1, 0.15) is 126 Å². The van der Waals surface area contributed by atoms with E-state index in [1.165, 1.54) is 70.9 Å². The molecule has 0 spiro atoms. The summed E-state index contributed by atoms with van der Waals surface area (Å²) >= 11 is 0. The minimum absolute atomic E-state index is 0.269. The molecule has 0 bridgehead atoms. The second-order valence-electron chi connectivity index (χ2n) is 11.4. The molecule has 0 saturated heterocycles. The number of hydrogen-bond acceptors (Lipinski definition) is 4. The normalized spacial score (nSPS) is 14.2. The van der Waals surface area contributed by atoms with Crippen LogP contribution < -0.4 is 0 Å². The van der Waals surface area contributed by atoms with Crippen molar-refractivity contribution in [2.75, 3.05) is 32.9 Å². The number of unbranched alkanes of at least 4 members (excludes halogenated alkanes) is 6. The van der Waals surface area contributed by atoms with Gasteiger partial charge in [-0.1, -0.05) is 92.7 Å². The van der Waals surface area contributed by atoms with Crippen LogP contribution in [0.25, 0.3) is 0 Å². The topological polar surface area (TPSA) is 30.9 Å². The highest BCUT2D eigenvalue weighted by Crippen LogP contribution is 2.39. The Hall–Kier alpha value is 0.0569. The molecule has 0 saturated carbocycles. The molecule has 1 atom stereocenters. The van der Waals surface area contributed by atoms with E-state index in [-0.39, 0.29) is 5.92 Å². The van der Waals surface area contributed by atoms with Crippen LogP contribution in [0.2, 0.25) is 18.1 Å². The van der Waals surface area contributed by atoms with Gasteiger partial charge in [-0.2, -0.15) is 0 Å². The molecular weight excluding hydrogens is 438 g/mol. The van der Waals surface area contributed by atoms with E-state index in [0.29, 0.717) is 24.9 Å². The SMILES string of the molecule is CCCCCCCCC(CCCN(CCCC)[Si](C)(C)C(C)(C)C)C(OCC)(OCC)OCC. The molecule has 5 heteroatoms. The number of nitrogens with zero attached hydrogens (tertiary/aromatic N) is 1. The van der Waals surface area contributed by atoms with Crippen LogP contribution in [-0.4, -0.2) is 51.7 Å². The molecule has 0 radical (unpaired) electrons. The molecule has 0 fully saturated rings. The molecule has 0 aliphatic carbocycles. The Morgan fingerprint density at radius 1 is 0.618 bits per heavy atom. The Morgan fingerprint density at radius 2 is 1.06 bits per heavy atom. The molecular formula is C29H63NO3Si. The van der Waals surface area contributed by atoms with E-state index in [1.807, 2.05) is 0 Å². The van der Waals surface area contributed by atoms with E-state index in [2.05, 4.69) is 73.0 Å². The van der Waals surface area contributed by atoms with Gasteiger partial charge in [-0.3, -0.25) is 0 Å². The standard InChI is InChI=1S/C29H63NO3Si/c1-11-16-18-19-20-21-23-27(29(31-13-3,32-14-4)33-15-5)24-22-26-30(25-17-12-2)34(9,10)28(6,7)8/h27H,11-26H2,1-10H3. The van der Waals surface area contributed by atoms with Gasteiger partial charge in [0.05, 0.1) is 0 Å². The molecule has 0 rings (SSSR count). The Morgan fingerprint density at radius 3 is 1.53 bits per heavy atom. The summed E-state index contributed by atoms with van der Waals surface area (Å²) in [7, 11) is -1.54. The lowest BCUT2D eigenvalue weighted by atomic mass is 9.92. The Bertz CT molecular complexity index is 461. The largest absolute Gasteiger partial charge is 0.328 e. The van der Waals surface area contributed by atoms with Crippen molar-refractivity contribution in [1.82, 2.24) is 4.57 Å². The van der Waals surface area contributed by atoms with Gasteiger partial charge < -0.3 is 18.8 Å². The van der Waals surface area contributed by atoms with Crippen LogP contribution in [0.3, 0.4) is 0 Å². The molecule has 34 heavy (non-hydrogen) atoms. The predicted molar refractivity (Wildman–Crippen MR) is 152 cm³/mol. The summed E-state index contributed by atoms with van der Waals surface area (Å²) in [6.45, 7) is 27.4. The summed E-state index contributed by atoms with van der Waals surface area (Å²) in [5, 5.41) is 0.365. The quantitative estimate of drug-likeness (QED) is 0.0841. The fourth-order valence-electron chi connectivity index (χ4n) is 4.77. The maximum absolute atomic E-state index is 6.26. The second-order valence-corrected chi connectivity index (χ2v) is 16.7. The summed E-state index contributed by atoms with van der Waals surface area (Å²) in [5.74, 6) is -0.627. The third-order valence-corrected chi connectivity index (χ3v) is 13.5. The highest BCUT2D eigenvalue weighted by molar-refractivity contribution is 6.77. The van der Waals surface area contributed by atoms with Crippen molar-refractivity contribution in [2.45, 2.75) is 150 Å². The predicted octanol–water partition coefficient (Wildman–Crippen LogP) is 9.00. The summed E-state index contributed by atoms with van der Waals surface area (Å²) in [4.78, 5) is 0. The van der Waals surface area contributed by atoms with E-state index in [1.54, 1.807) is 0 Å². The van der Waals surface area contributed by atoms with Crippen molar-refractivity contribution in [3.05, 3.63) is 0 Å². The van der Waals surface area contributed by atoms with Crippen LogP contribution in [0, 0.1) is 5.92 Å². The molecule has 0 N–H and O–H groups in total. The third kappa shape index (κ3) is 11.9. The van der Waals surface area contributed by atoms with E-state index < -0.39 is 14.2 Å².